The maximum absolute atomic E-state index is 13.6. The molecule has 2 nitrogen and oxygen atoms in total. The first kappa shape index (κ1) is 11.3. The summed E-state index contributed by atoms with van der Waals surface area (Å²) in [4.78, 5) is 12.1. The zero-order chi connectivity index (χ0) is 12.4. The van der Waals surface area contributed by atoms with Crippen molar-refractivity contribution in [3.05, 3.63) is 65.0 Å². The minimum atomic E-state index is -0.521. The van der Waals surface area contributed by atoms with Crippen LogP contribution in [0.1, 0.15) is 21.5 Å². The number of nitrogen functional groups attached to an aromatic ring is 1. The summed E-state index contributed by atoms with van der Waals surface area (Å²) >= 11 is 0. The Bertz CT molecular complexity index is 564. The van der Waals surface area contributed by atoms with Crippen molar-refractivity contribution in [2.75, 3.05) is 5.73 Å². The summed E-state index contributed by atoms with van der Waals surface area (Å²) in [5.41, 5.74) is 6.69. The molecule has 0 saturated carbocycles. The fraction of sp³-hybridized carbons (Fsp3) is 0.0714. The minimum absolute atomic E-state index is 0.0844. The Labute approximate surface area is 98.9 Å². The monoisotopic (exact) mass is 229 g/mol. The largest absolute Gasteiger partial charge is 0.396 e. The fourth-order valence-corrected chi connectivity index (χ4v) is 1.64. The Balaban J connectivity index is 2.49. The van der Waals surface area contributed by atoms with Crippen molar-refractivity contribution in [1.82, 2.24) is 0 Å². The third-order valence-electron chi connectivity index (χ3n) is 2.65. The molecule has 0 heterocycles. The first-order valence-electron chi connectivity index (χ1n) is 5.25. The molecule has 86 valence electrons. The minimum Gasteiger partial charge on any atom is -0.396 e. The van der Waals surface area contributed by atoms with E-state index in [1.54, 1.807) is 43.3 Å². The van der Waals surface area contributed by atoms with Gasteiger partial charge in [-0.1, -0.05) is 36.4 Å². The average Bonchev–Trinajstić information content (AvgIpc) is 2.36. The second-order valence-electron chi connectivity index (χ2n) is 3.85. The van der Waals surface area contributed by atoms with Crippen molar-refractivity contribution in [3.8, 4) is 0 Å². The third-order valence-corrected chi connectivity index (χ3v) is 2.65. The third kappa shape index (κ3) is 2.04. The van der Waals surface area contributed by atoms with E-state index in [4.69, 9.17) is 5.73 Å². The number of anilines is 1. The van der Waals surface area contributed by atoms with Crippen molar-refractivity contribution in [2.24, 2.45) is 0 Å². The van der Waals surface area contributed by atoms with E-state index in [0.29, 0.717) is 11.1 Å². The van der Waals surface area contributed by atoms with Crippen LogP contribution in [0.25, 0.3) is 0 Å². The van der Waals surface area contributed by atoms with Crippen LogP contribution < -0.4 is 5.73 Å². The number of carbonyl (C=O) groups is 1. The Morgan fingerprint density at radius 1 is 1.12 bits per heavy atom. The van der Waals surface area contributed by atoms with Gasteiger partial charge in [0, 0.05) is 11.1 Å². The smallest absolute Gasteiger partial charge is 0.195 e. The highest BCUT2D eigenvalue weighted by Gasteiger charge is 2.15. The number of aryl methyl sites for hydroxylation is 1. The van der Waals surface area contributed by atoms with Gasteiger partial charge in [-0.15, -0.1) is 0 Å². The fourth-order valence-electron chi connectivity index (χ4n) is 1.64. The predicted molar refractivity (Wildman–Crippen MR) is 65.4 cm³/mol. The molecule has 0 aliphatic rings. The Kier molecular flexibility index (Phi) is 2.91. The number of nitrogens with two attached hydrogens (primary N) is 1. The first-order valence-corrected chi connectivity index (χ1v) is 5.25. The number of ketones is 1. The van der Waals surface area contributed by atoms with Crippen molar-refractivity contribution < 1.29 is 9.18 Å². The maximum atomic E-state index is 13.6. The molecule has 0 spiro atoms. The van der Waals surface area contributed by atoms with Gasteiger partial charge in [-0.3, -0.25) is 4.79 Å². The summed E-state index contributed by atoms with van der Waals surface area (Å²) in [5, 5.41) is 0. The number of halogens is 1. The van der Waals surface area contributed by atoms with Gasteiger partial charge in [0.25, 0.3) is 0 Å². The molecule has 0 aliphatic heterocycles. The van der Waals surface area contributed by atoms with Crippen LogP contribution >= 0.6 is 0 Å². The van der Waals surface area contributed by atoms with Gasteiger partial charge < -0.3 is 5.73 Å². The highest BCUT2D eigenvalue weighted by Crippen LogP contribution is 2.22. The number of benzene rings is 2. The normalized spacial score (nSPS) is 10.2. The molecular formula is C14H12FNO. The summed E-state index contributed by atoms with van der Waals surface area (Å²) in [6.07, 6.45) is 0. The lowest BCUT2D eigenvalue weighted by atomic mass is 10.00. The second kappa shape index (κ2) is 4.37. The molecule has 0 fully saturated rings. The summed E-state index contributed by atoms with van der Waals surface area (Å²) in [6.45, 7) is 1.61. The quantitative estimate of drug-likeness (QED) is 0.635. The van der Waals surface area contributed by atoms with E-state index in [-0.39, 0.29) is 17.0 Å². The van der Waals surface area contributed by atoms with Crippen molar-refractivity contribution in [2.45, 2.75) is 6.92 Å². The number of hydrogen-bond acceptors (Lipinski definition) is 2. The van der Waals surface area contributed by atoms with E-state index in [0.717, 1.165) is 0 Å². The van der Waals surface area contributed by atoms with Gasteiger partial charge >= 0.3 is 0 Å². The van der Waals surface area contributed by atoms with Gasteiger partial charge in [-0.25, -0.2) is 4.39 Å². The zero-order valence-corrected chi connectivity index (χ0v) is 9.41. The Morgan fingerprint density at radius 3 is 2.41 bits per heavy atom. The van der Waals surface area contributed by atoms with Gasteiger partial charge in [0.2, 0.25) is 0 Å². The SMILES string of the molecule is Cc1ccc(C(=O)c2ccccc2)c(N)c1F. The highest BCUT2D eigenvalue weighted by molar-refractivity contribution is 6.12. The lowest BCUT2D eigenvalue weighted by Gasteiger charge is -2.07. The predicted octanol–water partition coefficient (Wildman–Crippen LogP) is 2.95. The van der Waals surface area contributed by atoms with Gasteiger partial charge in [0.15, 0.2) is 5.78 Å². The van der Waals surface area contributed by atoms with Gasteiger partial charge in [0.1, 0.15) is 5.82 Å². The summed E-state index contributed by atoms with van der Waals surface area (Å²) in [6, 6.07) is 11.8. The van der Waals surface area contributed by atoms with Gasteiger partial charge in [-0.05, 0) is 18.6 Å². The van der Waals surface area contributed by atoms with Crippen LogP contribution in [0.4, 0.5) is 10.1 Å². The van der Waals surface area contributed by atoms with Crippen LogP contribution in [0.3, 0.4) is 0 Å². The van der Waals surface area contributed by atoms with Crippen molar-refractivity contribution in [3.63, 3.8) is 0 Å². The van der Waals surface area contributed by atoms with Crippen LogP contribution in [0, 0.1) is 12.7 Å². The highest BCUT2D eigenvalue weighted by atomic mass is 19.1. The standard InChI is InChI=1S/C14H12FNO/c1-9-7-8-11(13(16)12(9)15)14(17)10-5-3-2-4-6-10/h2-8H,16H2,1H3. The molecule has 2 N–H and O–H groups in total. The molecule has 0 aromatic heterocycles. The van der Waals surface area contributed by atoms with E-state index in [2.05, 4.69) is 0 Å². The van der Waals surface area contributed by atoms with E-state index >= 15 is 0 Å². The lowest BCUT2D eigenvalue weighted by molar-refractivity contribution is 0.103. The molecule has 0 amide bonds. The van der Waals surface area contributed by atoms with Gasteiger partial charge in [0.05, 0.1) is 5.69 Å². The van der Waals surface area contributed by atoms with Crippen LogP contribution in [0.5, 0.6) is 0 Å². The summed E-state index contributed by atoms with van der Waals surface area (Å²) in [5.74, 6) is -0.784. The van der Waals surface area contributed by atoms with Crippen molar-refractivity contribution >= 4 is 11.5 Å². The topological polar surface area (TPSA) is 43.1 Å². The molecule has 0 bridgehead atoms. The van der Waals surface area contributed by atoms with Crippen LogP contribution in [0.2, 0.25) is 0 Å². The molecular weight excluding hydrogens is 217 g/mol. The zero-order valence-electron chi connectivity index (χ0n) is 9.41. The molecule has 2 aromatic carbocycles. The summed E-state index contributed by atoms with van der Waals surface area (Å²) < 4.78 is 13.6. The van der Waals surface area contributed by atoms with Crippen LogP contribution in [-0.4, -0.2) is 5.78 Å². The maximum Gasteiger partial charge on any atom is 0.195 e. The van der Waals surface area contributed by atoms with Crippen molar-refractivity contribution in [1.29, 1.82) is 0 Å². The number of rotatable bonds is 2. The molecule has 0 aliphatic carbocycles. The lowest BCUT2D eigenvalue weighted by Crippen LogP contribution is -2.07. The second-order valence-corrected chi connectivity index (χ2v) is 3.85. The molecule has 0 atom stereocenters. The molecule has 17 heavy (non-hydrogen) atoms. The number of carbonyl (C=O) groups excluding carboxylic acids is 1. The first-order chi connectivity index (χ1) is 8.11. The molecule has 2 rings (SSSR count). The Hall–Kier alpha value is -2.16. The molecule has 0 saturated heterocycles. The molecule has 2 aromatic rings. The van der Waals surface area contributed by atoms with E-state index < -0.39 is 5.82 Å². The van der Waals surface area contributed by atoms with Crippen LogP contribution in [0.15, 0.2) is 42.5 Å². The molecule has 0 unspecified atom stereocenters. The average molecular weight is 229 g/mol. The molecule has 0 radical (unpaired) electrons. The van der Waals surface area contributed by atoms with Crippen LogP contribution in [-0.2, 0) is 0 Å². The van der Waals surface area contributed by atoms with Gasteiger partial charge in [-0.2, -0.15) is 0 Å². The van der Waals surface area contributed by atoms with E-state index in [1.807, 2.05) is 6.07 Å². The summed E-state index contributed by atoms with van der Waals surface area (Å²) in [7, 11) is 0. The van der Waals surface area contributed by atoms with E-state index in [1.165, 1.54) is 0 Å². The van der Waals surface area contributed by atoms with E-state index in [9.17, 15) is 9.18 Å². The molecule has 3 heteroatoms. The Morgan fingerprint density at radius 2 is 1.76 bits per heavy atom. The number of hydrogen-bond donors (Lipinski definition) is 1.